The third-order valence-electron chi connectivity index (χ3n) is 3.42. The second kappa shape index (κ2) is 5.88. The van der Waals surface area contributed by atoms with Gasteiger partial charge in [0.1, 0.15) is 5.82 Å². The van der Waals surface area contributed by atoms with Crippen LogP contribution in [0.25, 0.3) is 22.4 Å². The number of hydrogen-bond donors (Lipinski definition) is 0. The lowest BCUT2D eigenvalue weighted by atomic mass is 10.2. The van der Waals surface area contributed by atoms with Crippen LogP contribution in [0, 0.1) is 0 Å². The third kappa shape index (κ3) is 2.45. The summed E-state index contributed by atoms with van der Waals surface area (Å²) in [6.07, 6.45) is 0.983. The molecule has 1 aromatic heterocycles. The molecule has 0 aliphatic rings. The van der Waals surface area contributed by atoms with Gasteiger partial charge in [0, 0.05) is 25.8 Å². The van der Waals surface area contributed by atoms with Crippen LogP contribution in [0.4, 0.5) is 0 Å². The highest BCUT2D eigenvalue weighted by Crippen LogP contribution is 2.24. The van der Waals surface area contributed by atoms with Crippen molar-refractivity contribution >= 4 is 11.0 Å². The van der Waals surface area contributed by atoms with Gasteiger partial charge in [0.15, 0.2) is 0 Å². The molecule has 102 valence electrons. The lowest BCUT2D eigenvalue weighted by molar-refractivity contribution is 0.191. The van der Waals surface area contributed by atoms with Gasteiger partial charge in [-0.15, -0.1) is 0 Å². The molecule has 20 heavy (non-hydrogen) atoms. The molecular formula is C17H18N2O. The zero-order valence-corrected chi connectivity index (χ0v) is 11.6. The molecule has 3 rings (SSSR count). The van der Waals surface area contributed by atoms with Gasteiger partial charge in [0.05, 0.1) is 11.0 Å². The van der Waals surface area contributed by atoms with Gasteiger partial charge < -0.3 is 9.30 Å². The van der Waals surface area contributed by atoms with Gasteiger partial charge in [0.25, 0.3) is 0 Å². The monoisotopic (exact) mass is 266 g/mol. The van der Waals surface area contributed by atoms with E-state index in [0.29, 0.717) is 0 Å². The second-order valence-corrected chi connectivity index (χ2v) is 4.79. The number of fused-ring (bicyclic) bond motifs is 1. The van der Waals surface area contributed by atoms with Gasteiger partial charge >= 0.3 is 0 Å². The lowest BCUT2D eigenvalue weighted by Crippen LogP contribution is -2.03. The minimum absolute atomic E-state index is 0.765. The van der Waals surface area contributed by atoms with Crippen LogP contribution >= 0.6 is 0 Å². The van der Waals surface area contributed by atoms with Crippen LogP contribution in [-0.2, 0) is 11.3 Å². The SMILES string of the molecule is COCCCn1c(-c2ccccc2)nc2ccccc21. The third-order valence-corrected chi connectivity index (χ3v) is 3.42. The van der Waals surface area contributed by atoms with E-state index in [4.69, 9.17) is 9.72 Å². The number of hydrogen-bond acceptors (Lipinski definition) is 2. The van der Waals surface area contributed by atoms with E-state index >= 15 is 0 Å². The Hall–Kier alpha value is -2.13. The number of ether oxygens (including phenoxy) is 1. The highest BCUT2D eigenvalue weighted by atomic mass is 16.5. The molecule has 0 aliphatic heterocycles. The first-order valence-electron chi connectivity index (χ1n) is 6.90. The molecule has 0 atom stereocenters. The molecule has 0 saturated carbocycles. The predicted molar refractivity (Wildman–Crippen MR) is 81.7 cm³/mol. The molecule has 3 aromatic rings. The van der Waals surface area contributed by atoms with Crippen LogP contribution in [0.3, 0.4) is 0 Å². The molecule has 0 fully saturated rings. The number of benzene rings is 2. The summed E-state index contributed by atoms with van der Waals surface area (Å²) in [6, 6.07) is 18.6. The number of aromatic nitrogens is 2. The van der Waals surface area contributed by atoms with Crippen molar-refractivity contribution in [3.63, 3.8) is 0 Å². The highest BCUT2D eigenvalue weighted by Gasteiger charge is 2.11. The van der Waals surface area contributed by atoms with E-state index in [2.05, 4.69) is 34.9 Å². The zero-order valence-electron chi connectivity index (χ0n) is 11.6. The van der Waals surface area contributed by atoms with Gasteiger partial charge in [-0.25, -0.2) is 4.98 Å². The van der Waals surface area contributed by atoms with Crippen LogP contribution in [0.1, 0.15) is 6.42 Å². The van der Waals surface area contributed by atoms with Crippen LogP contribution in [0.2, 0.25) is 0 Å². The number of nitrogens with zero attached hydrogens (tertiary/aromatic N) is 2. The Morgan fingerprint density at radius 3 is 2.55 bits per heavy atom. The molecule has 0 unspecified atom stereocenters. The molecule has 0 aliphatic carbocycles. The summed E-state index contributed by atoms with van der Waals surface area (Å²) in [5, 5.41) is 0. The minimum Gasteiger partial charge on any atom is -0.385 e. The van der Waals surface area contributed by atoms with Crippen molar-refractivity contribution in [2.45, 2.75) is 13.0 Å². The van der Waals surface area contributed by atoms with E-state index in [-0.39, 0.29) is 0 Å². The second-order valence-electron chi connectivity index (χ2n) is 4.79. The molecule has 1 heterocycles. The Morgan fingerprint density at radius 1 is 1.00 bits per heavy atom. The highest BCUT2D eigenvalue weighted by molar-refractivity contribution is 5.80. The predicted octanol–water partition coefficient (Wildman–Crippen LogP) is 3.74. The van der Waals surface area contributed by atoms with E-state index in [1.54, 1.807) is 7.11 Å². The first kappa shape index (κ1) is 12.9. The van der Waals surface area contributed by atoms with Crippen molar-refractivity contribution < 1.29 is 4.74 Å². The lowest BCUT2D eigenvalue weighted by Gasteiger charge is -2.09. The van der Waals surface area contributed by atoms with Crippen LogP contribution in [0.5, 0.6) is 0 Å². The summed E-state index contributed by atoms with van der Waals surface area (Å²) in [4.78, 5) is 4.78. The first-order valence-corrected chi connectivity index (χ1v) is 6.90. The molecule has 0 saturated heterocycles. The first-order chi connectivity index (χ1) is 9.90. The summed E-state index contributed by atoms with van der Waals surface area (Å²) in [7, 11) is 1.74. The number of methoxy groups -OCH3 is 1. The average Bonchev–Trinajstić information content (AvgIpc) is 2.87. The summed E-state index contributed by atoms with van der Waals surface area (Å²) in [6.45, 7) is 1.68. The normalized spacial score (nSPS) is 11.1. The molecular weight excluding hydrogens is 248 g/mol. The van der Waals surface area contributed by atoms with E-state index in [0.717, 1.165) is 36.5 Å². The smallest absolute Gasteiger partial charge is 0.141 e. The van der Waals surface area contributed by atoms with Crippen molar-refractivity contribution in [1.82, 2.24) is 9.55 Å². The molecule has 2 aromatic carbocycles. The van der Waals surface area contributed by atoms with Gasteiger partial charge in [-0.2, -0.15) is 0 Å². The maximum atomic E-state index is 5.16. The van der Waals surface area contributed by atoms with Crippen LogP contribution in [0.15, 0.2) is 54.6 Å². The Bertz CT molecular complexity index is 689. The fourth-order valence-electron chi connectivity index (χ4n) is 2.48. The molecule has 0 spiro atoms. The Morgan fingerprint density at radius 2 is 1.75 bits per heavy atom. The van der Waals surface area contributed by atoms with Crippen LogP contribution in [-0.4, -0.2) is 23.3 Å². The largest absolute Gasteiger partial charge is 0.385 e. The molecule has 0 amide bonds. The van der Waals surface area contributed by atoms with Crippen molar-refractivity contribution in [2.24, 2.45) is 0 Å². The fraction of sp³-hybridized carbons (Fsp3) is 0.235. The standard InChI is InChI=1S/C17H18N2O/c1-20-13-7-12-19-16-11-6-5-10-15(16)18-17(19)14-8-3-2-4-9-14/h2-6,8-11H,7,12-13H2,1H3. The number of imidazole rings is 1. The zero-order chi connectivity index (χ0) is 13.8. The maximum Gasteiger partial charge on any atom is 0.141 e. The van der Waals surface area contributed by atoms with E-state index in [9.17, 15) is 0 Å². The van der Waals surface area contributed by atoms with Crippen molar-refractivity contribution in [3.05, 3.63) is 54.6 Å². The van der Waals surface area contributed by atoms with Crippen molar-refractivity contribution in [1.29, 1.82) is 0 Å². The van der Waals surface area contributed by atoms with E-state index < -0.39 is 0 Å². The van der Waals surface area contributed by atoms with Gasteiger partial charge in [-0.05, 0) is 18.6 Å². The Kier molecular flexibility index (Phi) is 3.79. The van der Waals surface area contributed by atoms with Gasteiger partial charge in [-0.3, -0.25) is 0 Å². The van der Waals surface area contributed by atoms with E-state index in [1.807, 2.05) is 24.3 Å². The minimum atomic E-state index is 0.765. The van der Waals surface area contributed by atoms with Gasteiger partial charge in [-0.1, -0.05) is 42.5 Å². The van der Waals surface area contributed by atoms with Crippen molar-refractivity contribution in [3.8, 4) is 11.4 Å². The number of aryl methyl sites for hydroxylation is 1. The molecule has 3 nitrogen and oxygen atoms in total. The molecule has 0 N–H and O–H groups in total. The Balaban J connectivity index is 2.08. The maximum absolute atomic E-state index is 5.16. The Labute approximate surface area is 118 Å². The van der Waals surface area contributed by atoms with E-state index in [1.165, 1.54) is 5.52 Å². The number of para-hydroxylation sites is 2. The summed E-state index contributed by atoms with van der Waals surface area (Å²) < 4.78 is 7.45. The molecule has 0 radical (unpaired) electrons. The fourth-order valence-corrected chi connectivity index (χ4v) is 2.48. The molecule has 0 bridgehead atoms. The van der Waals surface area contributed by atoms with Crippen LogP contribution < -0.4 is 0 Å². The summed E-state index contributed by atoms with van der Waals surface area (Å²) >= 11 is 0. The summed E-state index contributed by atoms with van der Waals surface area (Å²) in [5.41, 5.74) is 3.38. The van der Waals surface area contributed by atoms with Crippen molar-refractivity contribution in [2.75, 3.05) is 13.7 Å². The quantitative estimate of drug-likeness (QED) is 0.658. The summed E-state index contributed by atoms with van der Waals surface area (Å²) in [5.74, 6) is 1.03. The molecule has 3 heteroatoms. The van der Waals surface area contributed by atoms with Gasteiger partial charge in [0.2, 0.25) is 0 Å². The topological polar surface area (TPSA) is 27.1 Å². The number of rotatable bonds is 5. The average molecular weight is 266 g/mol.